The molecule has 0 saturated carbocycles. The first kappa shape index (κ1) is 15.0. The molecule has 0 aliphatic carbocycles. The molecule has 0 atom stereocenters. The number of carbonyl (C=O) groups excluding carboxylic acids is 1. The third-order valence-corrected chi connectivity index (χ3v) is 3.57. The first-order valence-corrected chi connectivity index (χ1v) is 7.76. The van der Waals surface area contributed by atoms with E-state index in [4.69, 9.17) is 0 Å². The number of hydrogen-bond acceptors (Lipinski definition) is 3. The van der Waals surface area contributed by atoms with Crippen molar-refractivity contribution in [1.82, 2.24) is 4.98 Å². The van der Waals surface area contributed by atoms with Crippen LogP contribution in [0.2, 0.25) is 0 Å². The number of carbonyl (C=O) groups is 1. The summed E-state index contributed by atoms with van der Waals surface area (Å²) in [4.78, 5) is 16.7. The second-order valence-electron chi connectivity index (χ2n) is 5.37. The Labute approximate surface area is 135 Å². The van der Waals surface area contributed by atoms with Crippen molar-refractivity contribution < 1.29 is 4.79 Å². The molecule has 0 aliphatic rings. The average molecular weight is 305 g/mol. The Morgan fingerprint density at radius 2 is 1.83 bits per heavy atom. The van der Waals surface area contributed by atoms with Crippen LogP contribution < -0.4 is 10.6 Å². The maximum Gasteiger partial charge on any atom is 0.255 e. The van der Waals surface area contributed by atoms with E-state index in [2.05, 4.69) is 22.5 Å². The fraction of sp³-hybridized carbons (Fsp3) is 0.158. The van der Waals surface area contributed by atoms with Crippen molar-refractivity contribution in [3.8, 4) is 0 Å². The summed E-state index contributed by atoms with van der Waals surface area (Å²) in [7, 11) is 0. The minimum atomic E-state index is -0.135. The van der Waals surface area contributed by atoms with E-state index in [1.165, 1.54) is 0 Å². The predicted molar refractivity (Wildman–Crippen MR) is 94.9 cm³/mol. The number of nitrogens with zero attached hydrogens (tertiary/aromatic N) is 1. The minimum Gasteiger partial charge on any atom is -0.385 e. The van der Waals surface area contributed by atoms with Gasteiger partial charge in [-0.15, -0.1) is 0 Å². The lowest BCUT2D eigenvalue weighted by Crippen LogP contribution is -2.12. The molecule has 1 heterocycles. The second-order valence-corrected chi connectivity index (χ2v) is 5.37. The maximum absolute atomic E-state index is 12.3. The number of benzene rings is 2. The summed E-state index contributed by atoms with van der Waals surface area (Å²) in [5.74, 6) is -0.135. The van der Waals surface area contributed by atoms with Crippen LogP contribution in [0.5, 0.6) is 0 Å². The molecule has 1 aromatic heterocycles. The van der Waals surface area contributed by atoms with Crippen LogP contribution in [0.1, 0.15) is 23.7 Å². The molecular weight excluding hydrogens is 286 g/mol. The number of rotatable bonds is 5. The van der Waals surface area contributed by atoms with Gasteiger partial charge in [-0.3, -0.25) is 9.78 Å². The Balaban J connectivity index is 1.72. The SMILES string of the molecule is CCCNc1ccc(C(=O)Nc2cnc3ccccc3c2)cc1. The Morgan fingerprint density at radius 1 is 1.04 bits per heavy atom. The van der Waals surface area contributed by atoms with Crippen LogP contribution in [-0.4, -0.2) is 17.4 Å². The number of fused-ring (bicyclic) bond motifs is 1. The van der Waals surface area contributed by atoms with E-state index in [1.54, 1.807) is 6.20 Å². The molecule has 3 rings (SSSR count). The van der Waals surface area contributed by atoms with E-state index in [9.17, 15) is 4.79 Å². The van der Waals surface area contributed by atoms with Gasteiger partial charge in [0, 0.05) is 23.2 Å². The molecule has 0 fully saturated rings. The third-order valence-electron chi connectivity index (χ3n) is 3.57. The number of aromatic nitrogens is 1. The van der Waals surface area contributed by atoms with Crippen molar-refractivity contribution >= 4 is 28.2 Å². The first-order valence-electron chi connectivity index (χ1n) is 7.76. The van der Waals surface area contributed by atoms with Crippen molar-refractivity contribution in [2.45, 2.75) is 13.3 Å². The largest absolute Gasteiger partial charge is 0.385 e. The molecule has 0 saturated heterocycles. The van der Waals surface area contributed by atoms with Gasteiger partial charge in [-0.25, -0.2) is 0 Å². The van der Waals surface area contributed by atoms with Gasteiger partial charge >= 0.3 is 0 Å². The zero-order valence-corrected chi connectivity index (χ0v) is 13.0. The maximum atomic E-state index is 12.3. The summed E-state index contributed by atoms with van der Waals surface area (Å²) >= 11 is 0. The molecule has 2 aromatic carbocycles. The molecule has 4 heteroatoms. The molecule has 2 N–H and O–H groups in total. The molecule has 0 aliphatic heterocycles. The first-order chi connectivity index (χ1) is 11.3. The summed E-state index contributed by atoms with van der Waals surface area (Å²) in [6, 6.07) is 17.2. The minimum absolute atomic E-state index is 0.135. The second kappa shape index (κ2) is 6.92. The van der Waals surface area contributed by atoms with Gasteiger partial charge in [0.05, 0.1) is 17.4 Å². The number of para-hydroxylation sites is 1. The van der Waals surface area contributed by atoms with Crippen LogP contribution in [-0.2, 0) is 0 Å². The van der Waals surface area contributed by atoms with E-state index in [0.717, 1.165) is 29.6 Å². The summed E-state index contributed by atoms with van der Waals surface area (Å²) < 4.78 is 0. The molecule has 116 valence electrons. The Hall–Kier alpha value is -2.88. The summed E-state index contributed by atoms with van der Waals surface area (Å²) in [5, 5.41) is 7.18. The lowest BCUT2D eigenvalue weighted by molar-refractivity contribution is 0.102. The standard InChI is InChI=1S/C19H19N3O/c1-2-11-20-16-9-7-14(8-10-16)19(23)22-17-12-15-5-3-4-6-18(15)21-13-17/h3-10,12-13,20H,2,11H2,1H3,(H,22,23). The summed E-state index contributed by atoms with van der Waals surface area (Å²) in [6.07, 6.45) is 2.74. The van der Waals surface area contributed by atoms with Crippen molar-refractivity contribution in [2.24, 2.45) is 0 Å². The summed E-state index contributed by atoms with van der Waals surface area (Å²) in [5.41, 5.74) is 3.26. The molecule has 4 nitrogen and oxygen atoms in total. The van der Waals surface area contributed by atoms with Gasteiger partial charge in [0.15, 0.2) is 0 Å². The van der Waals surface area contributed by atoms with Crippen LogP contribution in [0.15, 0.2) is 60.8 Å². The zero-order chi connectivity index (χ0) is 16.1. The van der Waals surface area contributed by atoms with Gasteiger partial charge in [-0.1, -0.05) is 25.1 Å². The van der Waals surface area contributed by atoms with Crippen molar-refractivity contribution in [3.63, 3.8) is 0 Å². The zero-order valence-electron chi connectivity index (χ0n) is 13.0. The van der Waals surface area contributed by atoms with E-state index in [0.29, 0.717) is 11.3 Å². The smallest absolute Gasteiger partial charge is 0.255 e. The fourth-order valence-electron chi connectivity index (χ4n) is 2.35. The highest BCUT2D eigenvalue weighted by molar-refractivity contribution is 6.05. The number of pyridine rings is 1. The van der Waals surface area contributed by atoms with Gasteiger partial charge in [-0.05, 0) is 42.8 Å². The van der Waals surface area contributed by atoms with E-state index in [-0.39, 0.29) is 5.91 Å². The van der Waals surface area contributed by atoms with E-state index in [1.807, 2.05) is 54.6 Å². The highest BCUT2D eigenvalue weighted by atomic mass is 16.1. The molecule has 0 radical (unpaired) electrons. The van der Waals surface area contributed by atoms with Crippen LogP contribution in [0.3, 0.4) is 0 Å². The normalized spacial score (nSPS) is 10.5. The van der Waals surface area contributed by atoms with Gasteiger partial charge in [0.25, 0.3) is 5.91 Å². The monoisotopic (exact) mass is 305 g/mol. The predicted octanol–water partition coefficient (Wildman–Crippen LogP) is 4.31. The van der Waals surface area contributed by atoms with Gasteiger partial charge < -0.3 is 10.6 Å². The van der Waals surface area contributed by atoms with Gasteiger partial charge in [0.1, 0.15) is 0 Å². The molecular formula is C19H19N3O. The summed E-state index contributed by atoms with van der Waals surface area (Å²) in [6.45, 7) is 3.04. The lowest BCUT2D eigenvalue weighted by atomic mass is 10.1. The van der Waals surface area contributed by atoms with Crippen molar-refractivity contribution in [2.75, 3.05) is 17.2 Å². The van der Waals surface area contributed by atoms with E-state index >= 15 is 0 Å². The van der Waals surface area contributed by atoms with Gasteiger partial charge in [-0.2, -0.15) is 0 Å². The highest BCUT2D eigenvalue weighted by Gasteiger charge is 2.07. The number of hydrogen-bond donors (Lipinski definition) is 2. The lowest BCUT2D eigenvalue weighted by Gasteiger charge is -2.08. The number of anilines is 2. The topological polar surface area (TPSA) is 54.0 Å². The molecule has 0 unspecified atom stereocenters. The van der Waals surface area contributed by atoms with E-state index < -0.39 is 0 Å². The van der Waals surface area contributed by atoms with Crippen molar-refractivity contribution in [1.29, 1.82) is 0 Å². The van der Waals surface area contributed by atoms with Crippen molar-refractivity contribution in [3.05, 3.63) is 66.4 Å². The van der Waals surface area contributed by atoms with Crippen LogP contribution in [0.4, 0.5) is 11.4 Å². The molecule has 0 spiro atoms. The molecule has 1 amide bonds. The van der Waals surface area contributed by atoms with Crippen LogP contribution in [0.25, 0.3) is 10.9 Å². The Morgan fingerprint density at radius 3 is 2.61 bits per heavy atom. The molecule has 0 bridgehead atoms. The number of nitrogens with one attached hydrogen (secondary N) is 2. The fourth-order valence-corrected chi connectivity index (χ4v) is 2.35. The van der Waals surface area contributed by atoms with Crippen LogP contribution in [0, 0.1) is 0 Å². The quantitative estimate of drug-likeness (QED) is 0.738. The van der Waals surface area contributed by atoms with Crippen LogP contribution >= 0.6 is 0 Å². The highest BCUT2D eigenvalue weighted by Crippen LogP contribution is 2.17. The third kappa shape index (κ3) is 3.66. The average Bonchev–Trinajstić information content (AvgIpc) is 2.60. The van der Waals surface area contributed by atoms with Gasteiger partial charge in [0.2, 0.25) is 0 Å². The Bertz CT molecular complexity index is 812. The molecule has 23 heavy (non-hydrogen) atoms. The Kier molecular flexibility index (Phi) is 4.52. The number of amides is 1. The molecule has 3 aromatic rings.